The lowest BCUT2D eigenvalue weighted by molar-refractivity contribution is -0.274. The van der Waals surface area contributed by atoms with Gasteiger partial charge >= 0.3 is 6.36 Å². The molecule has 0 spiro atoms. The summed E-state index contributed by atoms with van der Waals surface area (Å²) in [5, 5.41) is 12.5. The fraction of sp³-hybridized carbons (Fsp3) is 0.150. The molecule has 0 radical (unpaired) electrons. The molecule has 0 aliphatic heterocycles. The standard InChI is InChI=1S/C20H16F3N5O4S/c21-20(22,23)32-15-6-8-16(9-7-15)33(29,30)24-12-13-31-18-11-10-17-25-26-19(28(17)27-18)14-4-2-1-3-5-14/h1-11,24H,12-13H2. The van der Waals surface area contributed by atoms with E-state index in [-0.39, 0.29) is 23.9 Å². The molecule has 2 aromatic heterocycles. The molecule has 33 heavy (non-hydrogen) atoms. The molecule has 13 heteroatoms. The Morgan fingerprint density at radius 1 is 0.939 bits per heavy atom. The number of hydrogen-bond acceptors (Lipinski definition) is 7. The van der Waals surface area contributed by atoms with Gasteiger partial charge in [0.15, 0.2) is 11.5 Å². The van der Waals surface area contributed by atoms with Crippen molar-refractivity contribution >= 4 is 15.7 Å². The van der Waals surface area contributed by atoms with E-state index < -0.39 is 22.1 Å². The van der Waals surface area contributed by atoms with Crippen molar-refractivity contribution in [1.29, 1.82) is 0 Å². The zero-order valence-electron chi connectivity index (χ0n) is 16.7. The van der Waals surface area contributed by atoms with Crippen LogP contribution in [0.4, 0.5) is 13.2 Å². The lowest BCUT2D eigenvalue weighted by Gasteiger charge is -2.10. The van der Waals surface area contributed by atoms with Crippen LogP contribution in [0.25, 0.3) is 17.0 Å². The molecule has 0 amide bonds. The zero-order chi connectivity index (χ0) is 23.5. The smallest absolute Gasteiger partial charge is 0.475 e. The summed E-state index contributed by atoms with van der Waals surface area (Å²) in [4.78, 5) is -0.214. The Labute approximate surface area is 185 Å². The van der Waals surface area contributed by atoms with E-state index in [1.54, 1.807) is 12.1 Å². The van der Waals surface area contributed by atoms with E-state index in [0.717, 1.165) is 29.8 Å². The number of rotatable bonds is 8. The molecule has 0 unspecified atom stereocenters. The molecular weight excluding hydrogens is 463 g/mol. The molecule has 2 aromatic carbocycles. The highest BCUT2D eigenvalue weighted by Gasteiger charge is 2.31. The Kier molecular flexibility index (Phi) is 6.16. The number of benzene rings is 2. The highest BCUT2D eigenvalue weighted by molar-refractivity contribution is 7.89. The third kappa shape index (κ3) is 5.56. The number of hydrogen-bond donors (Lipinski definition) is 1. The summed E-state index contributed by atoms with van der Waals surface area (Å²) >= 11 is 0. The van der Waals surface area contributed by atoms with E-state index in [2.05, 4.69) is 24.8 Å². The summed E-state index contributed by atoms with van der Waals surface area (Å²) in [5.41, 5.74) is 1.33. The molecule has 4 rings (SSSR count). The van der Waals surface area contributed by atoms with Gasteiger partial charge in [-0.3, -0.25) is 0 Å². The molecule has 0 aliphatic carbocycles. The van der Waals surface area contributed by atoms with Crippen molar-refractivity contribution in [3.05, 3.63) is 66.7 Å². The molecule has 1 N–H and O–H groups in total. The minimum atomic E-state index is -4.86. The average Bonchev–Trinajstić information content (AvgIpc) is 3.20. The topological polar surface area (TPSA) is 108 Å². The fourth-order valence-electron chi connectivity index (χ4n) is 2.85. The van der Waals surface area contributed by atoms with E-state index in [1.165, 1.54) is 4.52 Å². The average molecular weight is 479 g/mol. The van der Waals surface area contributed by atoms with E-state index in [1.807, 2.05) is 30.3 Å². The summed E-state index contributed by atoms with van der Waals surface area (Å²) in [6.07, 6.45) is -4.86. The highest BCUT2D eigenvalue weighted by Crippen LogP contribution is 2.24. The second kappa shape index (κ2) is 9.03. The summed E-state index contributed by atoms with van der Waals surface area (Å²) in [6.45, 7) is -0.146. The molecule has 0 atom stereocenters. The summed E-state index contributed by atoms with van der Waals surface area (Å²) in [5.74, 6) is 0.233. The van der Waals surface area contributed by atoms with Gasteiger partial charge in [-0.25, -0.2) is 13.1 Å². The first-order chi connectivity index (χ1) is 15.7. The van der Waals surface area contributed by atoms with Gasteiger partial charge in [-0.15, -0.1) is 28.5 Å². The Hall–Kier alpha value is -3.71. The fourth-order valence-corrected chi connectivity index (χ4v) is 3.86. The van der Waals surface area contributed by atoms with Crippen LogP contribution in [-0.2, 0) is 10.0 Å². The first kappa shape index (κ1) is 22.5. The van der Waals surface area contributed by atoms with Gasteiger partial charge in [0, 0.05) is 18.2 Å². The van der Waals surface area contributed by atoms with Gasteiger partial charge in [-0.2, -0.15) is 4.52 Å². The number of halogens is 3. The van der Waals surface area contributed by atoms with Gasteiger partial charge in [0.1, 0.15) is 12.4 Å². The number of aromatic nitrogens is 4. The van der Waals surface area contributed by atoms with Crippen molar-refractivity contribution in [3.63, 3.8) is 0 Å². The monoisotopic (exact) mass is 479 g/mol. The third-order valence-corrected chi connectivity index (χ3v) is 5.76. The van der Waals surface area contributed by atoms with E-state index >= 15 is 0 Å². The quantitative estimate of drug-likeness (QED) is 0.387. The minimum absolute atomic E-state index is 0.0458. The number of nitrogens with zero attached hydrogens (tertiary/aromatic N) is 4. The van der Waals surface area contributed by atoms with Gasteiger partial charge in [0.05, 0.1) is 4.90 Å². The molecule has 0 aliphatic rings. The zero-order valence-corrected chi connectivity index (χ0v) is 17.5. The molecule has 0 fully saturated rings. The normalized spacial score (nSPS) is 12.1. The van der Waals surface area contributed by atoms with Crippen molar-refractivity contribution in [3.8, 4) is 23.0 Å². The number of alkyl halides is 3. The third-order valence-electron chi connectivity index (χ3n) is 4.28. The predicted octanol–water partition coefficient (Wildman–Crippen LogP) is 3.05. The Morgan fingerprint density at radius 2 is 1.67 bits per heavy atom. The van der Waals surface area contributed by atoms with Crippen LogP contribution in [-0.4, -0.2) is 47.7 Å². The molecule has 0 saturated carbocycles. The Morgan fingerprint density at radius 3 is 2.36 bits per heavy atom. The van der Waals surface area contributed by atoms with E-state index in [4.69, 9.17) is 4.74 Å². The molecule has 4 aromatic rings. The van der Waals surface area contributed by atoms with Crippen LogP contribution >= 0.6 is 0 Å². The molecule has 2 heterocycles. The largest absolute Gasteiger partial charge is 0.573 e. The first-order valence-corrected chi connectivity index (χ1v) is 11.0. The summed E-state index contributed by atoms with van der Waals surface area (Å²) < 4.78 is 74.3. The Balaban J connectivity index is 1.36. The van der Waals surface area contributed by atoms with E-state index in [9.17, 15) is 21.6 Å². The van der Waals surface area contributed by atoms with Crippen LogP contribution < -0.4 is 14.2 Å². The number of sulfonamides is 1. The maximum Gasteiger partial charge on any atom is 0.573 e. The van der Waals surface area contributed by atoms with Crippen LogP contribution in [0.1, 0.15) is 0 Å². The van der Waals surface area contributed by atoms with Crippen LogP contribution in [0.2, 0.25) is 0 Å². The predicted molar refractivity (Wildman–Crippen MR) is 110 cm³/mol. The van der Waals surface area contributed by atoms with Crippen molar-refractivity contribution in [2.45, 2.75) is 11.3 Å². The van der Waals surface area contributed by atoms with Crippen LogP contribution in [0.5, 0.6) is 11.6 Å². The molecular formula is C20H16F3N5O4S. The Bertz CT molecular complexity index is 1340. The maximum atomic E-state index is 12.3. The van der Waals surface area contributed by atoms with Crippen molar-refractivity contribution < 1.29 is 31.1 Å². The van der Waals surface area contributed by atoms with Gasteiger partial charge in [0.2, 0.25) is 15.9 Å². The van der Waals surface area contributed by atoms with Gasteiger partial charge in [-0.05, 0) is 30.3 Å². The summed E-state index contributed by atoms with van der Waals surface area (Å²) in [7, 11) is -3.96. The second-order valence-electron chi connectivity index (χ2n) is 6.60. The first-order valence-electron chi connectivity index (χ1n) is 9.47. The van der Waals surface area contributed by atoms with Gasteiger partial charge in [0.25, 0.3) is 0 Å². The van der Waals surface area contributed by atoms with Crippen LogP contribution in [0, 0.1) is 0 Å². The van der Waals surface area contributed by atoms with Crippen molar-refractivity contribution in [1.82, 2.24) is 24.5 Å². The lowest BCUT2D eigenvalue weighted by Crippen LogP contribution is -2.28. The van der Waals surface area contributed by atoms with E-state index in [0.29, 0.717) is 11.5 Å². The highest BCUT2D eigenvalue weighted by atomic mass is 32.2. The number of ether oxygens (including phenoxy) is 2. The molecule has 9 nitrogen and oxygen atoms in total. The van der Waals surface area contributed by atoms with Crippen LogP contribution in [0.15, 0.2) is 71.6 Å². The molecule has 0 saturated heterocycles. The molecule has 172 valence electrons. The van der Waals surface area contributed by atoms with Gasteiger partial charge < -0.3 is 9.47 Å². The van der Waals surface area contributed by atoms with Crippen molar-refractivity contribution in [2.75, 3.05) is 13.2 Å². The lowest BCUT2D eigenvalue weighted by atomic mass is 10.2. The second-order valence-corrected chi connectivity index (χ2v) is 8.36. The number of nitrogens with one attached hydrogen (secondary N) is 1. The minimum Gasteiger partial charge on any atom is -0.475 e. The van der Waals surface area contributed by atoms with Crippen LogP contribution in [0.3, 0.4) is 0 Å². The van der Waals surface area contributed by atoms with Gasteiger partial charge in [-0.1, -0.05) is 30.3 Å². The molecule has 0 bridgehead atoms. The SMILES string of the molecule is O=S(=O)(NCCOc1ccc2nnc(-c3ccccc3)n2n1)c1ccc(OC(F)(F)F)cc1. The summed E-state index contributed by atoms with van der Waals surface area (Å²) in [6, 6.07) is 16.4. The maximum absolute atomic E-state index is 12.3. The number of fused-ring (bicyclic) bond motifs is 1. The van der Waals surface area contributed by atoms with Crippen molar-refractivity contribution in [2.24, 2.45) is 0 Å².